The third-order valence-corrected chi connectivity index (χ3v) is 8.26. The lowest BCUT2D eigenvalue weighted by Crippen LogP contribution is -1.93. The van der Waals surface area contributed by atoms with Crippen molar-refractivity contribution in [3.63, 3.8) is 0 Å². The molecule has 5 aromatic carbocycles. The molecular weight excluding hydrogens is 432 g/mol. The van der Waals surface area contributed by atoms with E-state index in [1.807, 2.05) is 23.7 Å². The highest BCUT2D eigenvalue weighted by molar-refractivity contribution is 7.26. The average Bonchev–Trinajstić information content (AvgIpc) is 3.43. The summed E-state index contributed by atoms with van der Waals surface area (Å²) in [6, 6.07) is 35.5. The highest BCUT2D eigenvalue weighted by atomic mass is 32.1. The van der Waals surface area contributed by atoms with Gasteiger partial charge in [0, 0.05) is 54.4 Å². The van der Waals surface area contributed by atoms with E-state index in [-0.39, 0.29) is 0 Å². The van der Waals surface area contributed by atoms with Crippen molar-refractivity contribution in [1.29, 1.82) is 0 Å². The van der Waals surface area contributed by atoms with Crippen molar-refractivity contribution in [2.75, 3.05) is 0 Å². The lowest BCUT2D eigenvalue weighted by Gasteiger charge is -2.09. The molecule has 0 bridgehead atoms. The Kier molecular flexibility index (Phi) is 3.57. The predicted octanol–water partition coefficient (Wildman–Crippen LogP) is 8.85. The summed E-state index contributed by atoms with van der Waals surface area (Å²) in [6.07, 6.45) is 3.73. The Balaban J connectivity index is 1.59. The number of thiophene rings is 1. The maximum absolute atomic E-state index is 4.23. The molecule has 2 nitrogen and oxygen atoms in total. The lowest BCUT2D eigenvalue weighted by atomic mass is 9.98. The largest absolute Gasteiger partial charge is 0.309 e. The zero-order chi connectivity index (χ0) is 22.2. The van der Waals surface area contributed by atoms with Crippen LogP contribution in [0.5, 0.6) is 0 Å². The Morgan fingerprint density at radius 3 is 2.24 bits per heavy atom. The fraction of sp³-hybridized carbons (Fsp3) is 0. The zero-order valence-electron chi connectivity index (χ0n) is 18.2. The van der Waals surface area contributed by atoms with Crippen LogP contribution < -0.4 is 0 Å². The Labute approximate surface area is 199 Å². The van der Waals surface area contributed by atoms with Gasteiger partial charge in [-0.25, -0.2) is 0 Å². The van der Waals surface area contributed by atoms with E-state index in [2.05, 4.69) is 107 Å². The van der Waals surface area contributed by atoms with Gasteiger partial charge in [0.25, 0.3) is 0 Å². The average molecular weight is 451 g/mol. The number of pyridine rings is 1. The van der Waals surface area contributed by atoms with E-state index in [0.29, 0.717) is 0 Å². The number of hydrogen-bond donors (Lipinski definition) is 0. The van der Waals surface area contributed by atoms with Gasteiger partial charge < -0.3 is 4.57 Å². The van der Waals surface area contributed by atoms with Crippen molar-refractivity contribution >= 4 is 74.9 Å². The number of para-hydroxylation sites is 1. The fourth-order valence-corrected chi connectivity index (χ4v) is 6.83. The molecule has 0 aliphatic heterocycles. The van der Waals surface area contributed by atoms with Gasteiger partial charge >= 0.3 is 0 Å². The van der Waals surface area contributed by atoms with Gasteiger partial charge in [0.2, 0.25) is 0 Å². The summed E-state index contributed by atoms with van der Waals surface area (Å²) in [5.74, 6) is 0. The summed E-state index contributed by atoms with van der Waals surface area (Å²) in [5.41, 5.74) is 3.58. The van der Waals surface area contributed by atoms with Crippen LogP contribution in [-0.4, -0.2) is 9.55 Å². The molecule has 8 aromatic rings. The van der Waals surface area contributed by atoms with Crippen molar-refractivity contribution in [1.82, 2.24) is 9.55 Å². The van der Waals surface area contributed by atoms with E-state index in [9.17, 15) is 0 Å². The van der Waals surface area contributed by atoms with E-state index in [1.54, 1.807) is 0 Å². The van der Waals surface area contributed by atoms with Crippen LogP contribution in [-0.2, 0) is 0 Å². The maximum atomic E-state index is 4.23. The lowest BCUT2D eigenvalue weighted by molar-refractivity contribution is 1.16. The van der Waals surface area contributed by atoms with Crippen molar-refractivity contribution in [3.8, 4) is 5.69 Å². The first kappa shape index (κ1) is 18.2. The number of nitrogens with zero attached hydrogens (tertiary/aromatic N) is 2. The van der Waals surface area contributed by atoms with Crippen molar-refractivity contribution in [3.05, 3.63) is 109 Å². The summed E-state index contributed by atoms with van der Waals surface area (Å²) in [4.78, 5) is 4.23. The second-order valence-corrected chi connectivity index (χ2v) is 9.90. The Morgan fingerprint density at radius 2 is 1.32 bits per heavy atom. The van der Waals surface area contributed by atoms with E-state index in [1.165, 1.54) is 63.5 Å². The van der Waals surface area contributed by atoms with Gasteiger partial charge in [-0.2, -0.15) is 0 Å². The molecule has 8 rings (SSSR count). The molecule has 3 heteroatoms. The second kappa shape index (κ2) is 6.66. The number of rotatable bonds is 1. The summed E-state index contributed by atoms with van der Waals surface area (Å²) < 4.78 is 5.08. The Hall–Kier alpha value is -4.21. The topological polar surface area (TPSA) is 17.8 Å². The smallest absolute Gasteiger partial charge is 0.0547 e. The predicted molar refractivity (Wildman–Crippen MR) is 146 cm³/mol. The van der Waals surface area contributed by atoms with Gasteiger partial charge in [0.1, 0.15) is 0 Å². The van der Waals surface area contributed by atoms with E-state index in [4.69, 9.17) is 0 Å². The zero-order valence-corrected chi connectivity index (χ0v) is 19.0. The summed E-state index contributed by atoms with van der Waals surface area (Å²) in [7, 11) is 0. The van der Waals surface area contributed by atoms with E-state index >= 15 is 0 Å². The molecule has 158 valence electrons. The molecule has 0 radical (unpaired) electrons. The molecule has 0 amide bonds. The van der Waals surface area contributed by atoms with Crippen LogP contribution in [0.25, 0.3) is 69.2 Å². The molecule has 3 heterocycles. The van der Waals surface area contributed by atoms with Crippen LogP contribution >= 0.6 is 11.3 Å². The normalized spacial score (nSPS) is 12.1. The van der Waals surface area contributed by atoms with Crippen molar-refractivity contribution in [2.45, 2.75) is 0 Å². The van der Waals surface area contributed by atoms with Crippen LogP contribution in [0.4, 0.5) is 0 Å². The number of fused-ring (bicyclic) bond motifs is 10. The van der Waals surface area contributed by atoms with Gasteiger partial charge in [-0.05, 0) is 52.6 Å². The third-order valence-electron chi connectivity index (χ3n) is 7.06. The summed E-state index contributed by atoms with van der Waals surface area (Å²) >= 11 is 1.90. The Morgan fingerprint density at radius 1 is 0.559 bits per heavy atom. The molecule has 0 spiro atoms. The monoisotopic (exact) mass is 450 g/mol. The molecule has 0 atom stereocenters. The van der Waals surface area contributed by atoms with Crippen LogP contribution in [0.3, 0.4) is 0 Å². The minimum absolute atomic E-state index is 1.13. The highest BCUT2D eigenvalue weighted by Crippen LogP contribution is 2.43. The van der Waals surface area contributed by atoms with Gasteiger partial charge in [-0.3, -0.25) is 4.98 Å². The van der Waals surface area contributed by atoms with Gasteiger partial charge in [-0.1, -0.05) is 60.7 Å². The van der Waals surface area contributed by atoms with Crippen LogP contribution in [0, 0.1) is 0 Å². The molecule has 34 heavy (non-hydrogen) atoms. The minimum Gasteiger partial charge on any atom is -0.309 e. The van der Waals surface area contributed by atoms with E-state index < -0.39 is 0 Å². The third kappa shape index (κ3) is 2.37. The molecule has 0 saturated heterocycles. The molecule has 0 fully saturated rings. The standard InChI is InChI=1S/C31H18N2S/c1-3-7-27-22(5-1)26-18-25-20(17-28(26)33(27)21-13-15-32-16-14-21)10-9-19-11-12-24-23-6-2-4-8-29(23)34-31(24)30(19)25/h1-18H. The van der Waals surface area contributed by atoms with Crippen LogP contribution in [0.15, 0.2) is 109 Å². The molecular formula is C31H18N2S. The van der Waals surface area contributed by atoms with Crippen molar-refractivity contribution < 1.29 is 0 Å². The fourth-order valence-electron chi connectivity index (χ4n) is 5.56. The SMILES string of the molecule is c1ccc2c(c1)sc1c2ccc2ccc3cc4c(cc3c21)c1ccccc1n4-c1ccncc1. The van der Waals surface area contributed by atoms with Gasteiger partial charge in [0.15, 0.2) is 0 Å². The van der Waals surface area contributed by atoms with Crippen molar-refractivity contribution in [2.24, 2.45) is 0 Å². The number of hydrogen-bond acceptors (Lipinski definition) is 2. The summed E-state index contributed by atoms with van der Waals surface area (Å²) in [5, 5.41) is 10.5. The first-order chi connectivity index (χ1) is 16.9. The minimum atomic E-state index is 1.13. The van der Waals surface area contributed by atoms with Gasteiger partial charge in [-0.15, -0.1) is 11.3 Å². The van der Waals surface area contributed by atoms with Crippen LogP contribution in [0.1, 0.15) is 0 Å². The molecule has 0 N–H and O–H groups in total. The van der Waals surface area contributed by atoms with Gasteiger partial charge in [0.05, 0.1) is 11.0 Å². The summed E-state index contributed by atoms with van der Waals surface area (Å²) in [6.45, 7) is 0. The quantitative estimate of drug-likeness (QED) is 0.228. The molecule has 0 aliphatic rings. The maximum Gasteiger partial charge on any atom is 0.0547 e. The molecule has 3 aromatic heterocycles. The molecule has 0 aliphatic carbocycles. The molecule has 0 saturated carbocycles. The number of benzene rings is 5. The Bertz CT molecular complexity index is 2060. The number of aromatic nitrogens is 2. The van der Waals surface area contributed by atoms with E-state index in [0.717, 1.165) is 5.69 Å². The second-order valence-electron chi connectivity index (χ2n) is 8.85. The first-order valence-electron chi connectivity index (χ1n) is 11.5. The first-order valence-corrected chi connectivity index (χ1v) is 12.3. The molecule has 0 unspecified atom stereocenters. The highest BCUT2D eigenvalue weighted by Gasteiger charge is 2.16. The van der Waals surface area contributed by atoms with Crippen LogP contribution in [0.2, 0.25) is 0 Å².